The number of nitrogens with zero attached hydrogens (tertiary/aromatic N) is 1. The molecule has 0 radical (unpaired) electrons. The summed E-state index contributed by atoms with van der Waals surface area (Å²) in [4.78, 5) is 13.7. The molecule has 1 aromatic rings. The number of nitrogen functional groups attached to an aromatic ring is 1. The van der Waals surface area contributed by atoms with Crippen molar-refractivity contribution in [2.45, 2.75) is 13.3 Å². The van der Waals surface area contributed by atoms with E-state index in [-0.39, 0.29) is 6.03 Å². The molecule has 0 aliphatic carbocycles. The average Bonchev–Trinajstić information content (AvgIpc) is 2.65. The van der Waals surface area contributed by atoms with Gasteiger partial charge in [-0.05, 0) is 30.5 Å². The van der Waals surface area contributed by atoms with Gasteiger partial charge in [-0.15, -0.1) is 0 Å². The van der Waals surface area contributed by atoms with Crippen molar-refractivity contribution in [3.05, 3.63) is 24.3 Å². The van der Waals surface area contributed by atoms with E-state index >= 15 is 0 Å². The van der Waals surface area contributed by atoms with Crippen LogP contribution in [0.25, 0.3) is 0 Å². The zero-order valence-electron chi connectivity index (χ0n) is 9.44. The monoisotopic (exact) mass is 219 g/mol. The van der Waals surface area contributed by atoms with Crippen molar-refractivity contribution < 1.29 is 4.79 Å². The summed E-state index contributed by atoms with van der Waals surface area (Å²) in [7, 11) is 0. The molecule has 2 amide bonds. The number of nitrogens with one attached hydrogen (secondary N) is 1. The molecule has 1 aliphatic heterocycles. The molecule has 4 nitrogen and oxygen atoms in total. The molecule has 0 spiro atoms. The molecule has 3 N–H and O–H groups in total. The van der Waals surface area contributed by atoms with Gasteiger partial charge in [0.05, 0.1) is 0 Å². The molecular weight excluding hydrogens is 202 g/mol. The number of amides is 2. The number of carbonyl (C=O) groups is 1. The van der Waals surface area contributed by atoms with Crippen LogP contribution in [0.3, 0.4) is 0 Å². The van der Waals surface area contributed by atoms with E-state index in [1.807, 2.05) is 17.0 Å². The van der Waals surface area contributed by atoms with Gasteiger partial charge < -0.3 is 16.0 Å². The number of rotatable bonds is 1. The molecule has 1 fully saturated rings. The first-order valence-electron chi connectivity index (χ1n) is 5.56. The van der Waals surface area contributed by atoms with Gasteiger partial charge in [-0.1, -0.05) is 13.0 Å². The lowest BCUT2D eigenvalue weighted by molar-refractivity contribution is 0.221. The third-order valence-electron chi connectivity index (χ3n) is 2.85. The average molecular weight is 219 g/mol. The van der Waals surface area contributed by atoms with E-state index in [9.17, 15) is 4.79 Å². The fourth-order valence-corrected chi connectivity index (χ4v) is 1.94. The van der Waals surface area contributed by atoms with Gasteiger partial charge in [0, 0.05) is 24.5 Å². The normalized spacial score (nSPS) is 19.8. The van der Waals surface area contributed by atoms with Crippen molar-refractivity contribution in [3.8, 4) is 0 Å². The highest BCUT2D eigenvalue weighted by Crippen LogP contribution is 2.17. The van der Waals surface area contributed by atoms with Crippen molar-refractivity contribution in [1.82, 2.24) is 4.90 Å². The summed E-state index contributed by atoms with van der Waals surface area (Å²) >= 11 is 0. The van der Waals surface area contributed by atoms with Gasteiger partial charge in [0.25, 0.3) is 0 Å². The lowest BCUT2D eigenvalue weighted by atomic mass is 10.2. The molecule has 0 aromatic heterocycles. The van der Waals surface area contributed by atoms with Crippen LogP contribution >= 0.6 is 0 Å². The zero-order valence-corrected chi connectivity index (χ0v) is 9.44. The maximum Gasteiger partial charge on any atom is 0.321 e. The number of anilines is 2. The van der Waals surface area contributed by atoms with Crippen LogP contribution in [0, 0.1) is 5.92 Å². The van der Waals surface area contributed by atoms with Gasteiger partial charge in [0.2, 0.25) is 0 Å². The van der Waals surface area contributed by atoms with Gasteiger partial charge >= 0.3 is 6.03 Å². The first-order chi connectivity index (χ1) is 7.65. The number of hydrogen-bond acceptors (Lipinski definition) is 2. The van der Waals surface area contributed by atoms with Crippen LogP contribution in [0.1, 0.15) is 13.3 Å². The second kappa shape index (κ2) is 4.43. The summed E-state index contributed by atoms with van der Waals surface area (Å²) < 4.78 is 0. The summed E-state index contributed by atoms with van der Waals surface area (Å²) in [5.41, 5.74) is 7.06. The Morgan fingerprint density at radius 2 is 2.38 bits per heavy atom. The molecular formula is C12H17N3O. The van der Waals surface area contributed by atoms with Gasteiger partial charge in [-0.25, -0.2) is 4.79 Å². The topological polar surface area (TPSA) is 58.4 Å². The highest BCUT2D eigenvalue weighted by molar-refractivity contribution is 5.89. The summed E-state index contributed by atoms with van der Waals surface area (Å²) in [6.45, 7) is 3.84. The first kappa shape index (κ1) is 10.8. The van der Waals surface area contributed by atoms with E-state index in [1.165, 1.54) is 0 Å². The number of urea groups is 1. The minimum Gasteiger partial charge on any atom is -0.399 e. The molecule has 1 unspecified atom stereocenters. The van der Waals surface area contributed by atoms with Crippen molar-refractivity contribution in [2.24, 2.45) is 5.92 Å². The van der Waals surface area contributed by atoms with Crippen molar-refractivity contribution >= 4 is 17.4 Å². The molecule has 1 heterocycles. The molecule has 1 atom stereocenters. The van der Waals surface area contributed by atoms with Crippen molar-refractivity contribution in [2.75, 3.05) is 24.1 Å². The van der Waals surface area contributed by atoms with E-state index in [0.717, 1.165) is 25.2 Å². The lowest BCUT2D eigenvalue weighted by Gasteiger charge is -2.16. The number of hydrogen-bond donors (Lipinski definition) is 2. The quantitative estimate of drug-likeness (QED) is 0.711. The van der Waals surface area contributed by atoms with E-state index < -0.39 is 0 Å². The van der Waals surface area contributed by atoms with Gasteiger partial charge in [0.1, 0.15) is 0 Å². The number of likely N-dealkylation sites (tertiary alicyclic amines) is 1. The molecule has 1 aliphatic rings. The van der Waals surface area contributed by atoms with Crippen LogP contribution in [-0.2, 0) is 0 Å². The Hall–Kier alpha value is -1.71. The van der Waals surface area contributed by atoms with Gasteiger partial charge in [0.15, 0.2) is 0 Å². The van der Waals surface area contributed by atoms with Crippen LogP contribution < -0.4 is 11.1 Å². The second-order valence-corrected chi connectivity index (χ2v) is 4.40. The minimum atomic E-state index is -0.0325. The summed E-state index contributed by atoms with van der Waals surface area (Å²) in [6, 6.07) is 7.20. The van der Waals surface area contributed by atoms with E-state index in [1.54, 1.807) is 12.1 Å². The van der Waals surface area contributed by atoms with Crippen molar-refractivity contribution in [1.29, 1.82) is 0 Å². The minimum absolute atomic E-state index is 0.0325. The number of nitrogens with two attached hydrogens (primary N) is 1. The number of benzene rings is 1. The molecule has 1 aromatic carbocycles. The maximum absolute atomic E-state index is 11.8. The van der Waals surface area contributed by atoms with Crippen LogP contribution in [0.2, 0.25) is 0 Å². The van der Waals surface area contributed by atoms with Crippen LogP contribution in [0.5, 0.6) is 0 Å². The van der Waals surface area contributed by atoms with Gasteiger partial charge in [-0.3, -0.25) is 0 Å². The van der Waals surface area contributed by atoms with E-state index in [4.69, 9.17) is 5.73 Å². The summed E-state index contributed by atoms with van der Waals surface area (Å²) in [5.74, 6) is 0.603. The van der Waals surface area contributed by atoms with E-state index in [2.05, 4.69) is 12.2 Å². The fourth-order valence-electron chi connectivity index (χ4n) is 1.94. The van der Waals surface area contributed by atoms with Crippen LogP contribution in [-0.4, -0.2) is 24.0 Å². The second-order valence-electron chi connectivity index (χ2n) is 4.40. The Morgan fingerprint density at radius 3 is 3.00 bits per heavy atom. The predicted octanol–water partition coefficient (Wildman–Crippen LogP) is 2.14. The molecule has 0 saturated carbocycles. The van der Waals surface area contributed by atoms with Crippen LogP contribution in [0.15, 0.2) is 24.3 Å². The largest absolute Gasteiger partial charge is 0.399 e. The lowest BCUT2D eigenvalue weighted by Crippen LogP contribution is -2.32. The Kier molecular flexibility index (Phi) is 2.99. The van der Waals surface area contributed by atoms with Crippen LogP contribution in [0.4, 0.5) is 16.2 Å². The summed E-state index contributed by atoms with van der Waals surface area (Å²) in [5, 5.41) is 2.85. The Balaban J connectivity index is 1.97. The smallest absolute Gasteiger partial charge is 0.321 e. The maximum atomic E-state index is 11.8. The fraction of sp³-hybridized carbons (Fsp3) is 0.417. The standard InChI is InChI=1S/C12H17N3O/c1-9-5-6-15(8-9)12(16)14-11-4-2-3-10(13)7-11/h2-4,7,9H,5-6,8,13H2,1H3,(H,14,16). The predicted molar refractivity (Wildman–Crippen MR) is 65.2 cm³/mol. The molecule has 1 saturated heterocycles. The zero-order chi connectivity index (χ0) is 11.5. The Labute approximate surface area is 95.4 Å². The number of carbonyl (C=O) groups excluding carboxylic acids is 1. The Bertz CT molecular complexity index is 392. The third kappa shape index (κ3) is 2.45. The highest BCUT2D eigenvalue weighted by atomic mass is 16.2. The Morgan fingerprint density at radius 1 is 1.56 bits per heavy atom. The summed E-state index contributed by atoms with van der Waals surface area (Å²) in [6.07, 6.45) is 1.09. The molecule has 86 valence electrons. The van der Waals surface area contributed by atoms with E-state index in [0.29, 0.717) is 11.6 Å². The van der Waals surface area contributed by atoms with Crippen molar-refractivity contribution in [3.63, 3.8) is 0 Å². The molecule has 16 heavy (non-hydrogen) atoms. The molecule has 2 rings (SSSR count). The third-order valence-corrected chi connectivity index (χ3v) is 2.85. The SMILES string of the molecule is CC1CCN(C(=O)Nc2cccc(N)c2)C1. The molecule has 4 heteroatoms. The highest BCUT2D eigenvalue weighted by Gasteiger charge is 2.22. The first-order valence-corrected chi connectivity index (χ1v) is 5.56. The molecule has 0 bridgehead atoms. The van der Waals surface area contributed by atoms with Gasteiger partial charge in [-0.2, -0.15) is 0 Å².